The van der Waals surface area contributed by atoms with Gasteiger partial charge < -0.3 is 4.74 Å². The molecule has 2 aliphatic heterocycles. The molecule has 2 saturated heterocycles. The summed E-state index contributed by atoms with van der Waals surface area (Å²) in [5.74, 6) is 0.512. The normalized spacial score (nSPS) is 54.4. The molecule has 2 bridgehead atoms. The molecule has 2 saturated carbocycles. The van der Waals surface area contributed by atoms with Crippen molar-refractivity contribution in [3.8, 4) is 0 Å². The Morgan fingerprint density at radius 3 is 2.79 bits per heavy atom. The highest BCUT2D eigenvalue weighted by atomic mass is 16.8. The highest BCUT2D eigenvalue weighted by molar-refractivity contribution is 5.20. The second kappa shape index (κ2) is 3.30. The van der Waals surface area contributed by atoms with Crippen molar-refractivity contribution in [2.45, 2.75) is 58.0 Å². The van der Waals surface area contributed by atoms with Crippen molar-refractivity contribution in [2.75, 3.05) is 6.61 Å². The van der Waals surface area contributed by atoms with Crippen LogP contribution in [0.5, 0.6) is 0 Å². The summed E-state index contributed by atoms with van der Waals surface area (Å²) in [4.78, 5) is 16.4. The van der Waals surface area contributed by atoms with Crippen molar-refractivity contribution in [1.82, 2.24) is 5.06 Å². The zero-order chi connectivity index (χ0) is 13.6. The first kappa shape index (κ1) is 12.1. The first-order valence-corrected chi connectivity index (χ1v) is 7.08. The van der Waals surface area contributed by atoms with E-state index in [4.69, 9.17) is 9.57 Å². The summed E-state index contributed by atoms with van der Waals surface area (Å²) in [6, 6.07) is -0.541. The second-order valence-electron chi connectivity index (χ2n) is 7.23. The minimum absolute atomic E-state index is 0.0778. The lowest BCUT2D eigenvalue weighted by atomic mass is 9.70. The van der Waals surface area contributed by atoms with E-state index in [9.17, 15) is 10.1 Å². The smallest absolute Gasteiger partial charge is 0.279 e. The molecular weight excluding hydrogens is 248 g/mol. The molecule has 0 amide bonds. The predicted molar refractivity (Wildman–Crippen MR) is 65.6 cm³/mol. The van der Waals surface area contributed by atoms with Gasteiger partial charge in [-0.2, -0.15) is 0 Å². The number of ether oxygens (including phenoxy) is 1. The topological polar surface area (TPSA) is 64.8 Å². The maximum absolute atomic E-state index is 11.1. The van der Waals surface area contributed by atoms with E-state index in [0.717, 1.165) is 6.42 Å². The van der Waals surface area contributed by atoms with E-state index in [-0.39, 0.29) is 34.5 Å². The van der Waals surface area contributed by atoms with Gasteiger partial charge in [0.15, 0.2) is 0 Å². The first-order chi connectivity index (χ1) is 8.88. The highest BCUT2D eigenvalue weighted by Gasteiger charge is 2.74. The van der Waals surface area contributed by atoms with Crippen LogP contribution >= 0.6 is 0 Å². The zero-order valence-corrected chi connectivity index (χ0v) is 11.5. The number of fused-ring (bicyclic) bond motifs is 7. The van der Waals surface area contributed by atoms with Gasteiger partial charge in [0.2, 0.25) is 6.23 Å². The Balaban J connectivity index is 1.71. The summed E-state index contributed by atoms with van der Waals surface area (Å²) >= 11 is 0. The average molecular weight is 268 g/mol. The Bertz CT molecular complexity index is 454. The molecule has 6 atom stereocenters. The summed E-state index contributed by atoms with van der Waals surface area (Å²) in [5, 5.41) is 12.9. The molecule has 6 heteroatoms. The second-order valence-corrected chi connectivity index (χ2v) is 7.23. The molecule has 2 heterocycles. The molecule has 4 fully saturated rings. The maximum atomic E-state index is 11.1. The van der Waals surface area contributed by atoms with Gasteiger partial charge in [0.25, 0.3) is 6.04 Å². The molecule has 0 unspecified atom stereocenters. The van der Waals surface area contributed by atoms with Crippen molar-refractivity contribution in [2.24, 2.45) is 16.7 Å². The number of hydrogen-bond acceptors (Lipinski definition) is 5. The van der Waals surface area contributed by atoms with Gasteiger partial charge in [0.05, 0.1) is 12.1 Å². The molecule has 4 aliphatic rings. The summed E-state index contributed by atoms with van der Waals surface area (Å²) in [6.45, 7) is 7.04. The Kier molecular flexibility index (Phi) is 2.09. The van der Waals surface area contributed by atoms with E-state index in [2.05, 4.69) is 20.8 Å². The van der Waals surface area contributed by atoms with Crippen molar-refractivity contribution in [1.29, 1.82) is 0 Å². The van der Waals surface area contributed by atoms with Crippen molar-refractivity contribution < 1.29 is 14.5 Å². The number of nitro groups is 1. The van der Waals surface area contributed by atoms with Gasteiger partial charge in [-0.15, -0.1) is 5.06 Å². The lowest BCUT2D eigenvalue weighted by molar-refractivity contribution is -0.531. The molecule has 6 nitrogen and oxygen atoms in total. The fourth-order valence-electron chi connectivity index (χ4n) is 5.01. The van der Waals surface area contributed by atoms with Gasteiger partial charge in [-0.05, 0) is 24.2 Å². The Morgan fingerprint density at radius 2 is 2.11 bits per heavy atom. The van der Waals surface area contributed by atoms with E-state index in [1.807, 2.05) is 5.06 Å². The fraction of sp³-hybridized carbons (Fsp3) is 1.00. The Hall–Kier alpha value is -0.720. The molecule has 106 valence electrons. The number of rotatable bonds is 1. The monoisotopic (exact) mass is 268 g/mol. The number of hydroxylamine groups is 2. The molecule has 0 radical (unpaired) electrons. The molecule has 2 aliphatic carbocycles. The van der Waals surface area contributed by atoms with E-state index in [1.165, 1.54) is 6.42 Å². The van der Waals surface area contributed by atoms with Gasteiger partial charge in [-0.1, -0.05) is 20.8 Å². The Labute approximate surface area is 112 Å². The van der Waals surface area contributed by atoms with E-state index < -0.39 is 12.3 Å². The molecule has 0 N–H and O–H groups in total. The molecular formula is C13H20N2O4. The lowest BCUT2D eigenvalue weighted by Crippen LogP contribution is -2.42. The quantitative estimate of drug-likeness (QED) is 0.531. The van der Waals surface area contributed by atoms with Crippen LogP contribution < -0.4 is 0 Å². The van der Waals surface area contributed by atoms with Crippen LogP contribution in [-0.2, 0) is 9.57 Å². The molecule has 4 rings (SSSR count). The van der Waals surface area contributed by atoms with Crippen LogP contribution in [0.25, 0.3) is 0 Å². The summed E-state index contributed by atoms with van der Waals surface area (Å²) < 4.78 is 6.12. The van der Waals surface area contributed by atoms with E-state index in [0.29, 0.717) is 5.92 Å². The van der Waals surface area contributed by atoms with Crippen LogP contribution in [0.2, 0.25) is 0 Å². The number of nitrogens with zero attached hydrogens (tertiary/aromatic N) is 2. The third kappa shape index (κ3) is 1.15. The van der Waals surface area contributed by atoms with Crippen molar-refractivity contribution in [3.63, 3.8) is 0 Å². The maximum Gasteiger partial charge on any atom is 0.279 e. The lowest BCUT2D eigenvalue weighted by Gasteiger charge is -2.38. The predicted octanol–water partition coefficient (Wildman–Crippen LogP) is 1.43. The van der Waals surface area contributed by atoms with Gasteiger partial charge >= 0.3 is 0 Å². The van der Waals surface area contributed by atoms with Gasteiger partial charge in [-0.3, -0.25) is 15.0 Å². The van der Waals surface area contributed by atoms with Crippen LogP contribution in [-0.4, -0.2) is 41.0 Å². The van der Waals surface area contributed by atoms with Gasteiger partial charge in [0.1, 0.15) is 6.61 Å². The summed E-state index contributed by atoms with van der Waals surface area (Å²) in [7, 11) is 0. The van der Waals surface area contributed by atoms with Crippen LogP contribution in [0, 0.1) is 26.9 Å². The average Bonchev–Trinajstić information content (AvgIpc) is 2.95. The van der Waals surface area contributed by atoms with Gasteiger partial charge in [0, 0.05) is 10.3 Å². The standard InChI is InChI=1S/C13H20N2O4/c1-12(2)7-4-5-13(12,3)10-9(7)14-11(19-10)8(6-18-14)15(16)17/h7-11H,4-6H2,1-3H3/t7-,8+,9-,10-,11+,13+/m1/s1. The van der Waals surface area contributed by atoms with E-state index in [1.54, 1.807) is 0 Å². The number of hydrogen-bond donors (Lipinski definition) is 0. The van der Waals surface area contributed by atoms with Crippen molar-refractivity contribution >= 4 is 0 Å². The third-order valence-electron chi connectivity index (χ3n) is 6.55. The zero-order valence-electron chi connectivity index (χ0n) is 11.5. The highest BCUT2D eigenvalue weighted by Crippen LogP contribution is 2.69. The summed E-state index contributed by atoms with van der Waals surface area (Å²) in [5.41, 5.74) is 0.320. The SMILES string of the molecule is CC1(C)[C@@H]2CC[C@@]1(C)[C@@H]1O[C@H]3[C@@H]([N+](=O)[O-])CON3[C@H]21. The molecule has 19 heavy (non-hydrogen) atoms. The molecule has 0 spiro atoms. The Morgan fingerprint density at radius 1 is 1.37 bits per heavy atom. The first-order valence-electron chi connectivity index (χ1n) is 7.08. The largest absolute Gasteiger partial charge is 0.348 e. The molecule has 0 aromatic heterocycles. The fourth-order valence-corrected chi connectivity index (χ4v) is 5.01. The molecule has 0 aromatic carbocycles. The minimum atomic E-state index is -0.739. The third-order valence-corrected chi connectivity index (χ3v) is 6.55. The van der Waals surface area contributed by atoms with Gasteiger partial charge in [-0.25, -0.2) is 0 Å². The van der Waals surface area contributed by atoms with E-state index >= 15 is 0 Å². The van der Waals surface area contributed by atoms with Crippen molar-refractivity contribution in [3.05, 3.63) is 10.1 Å². The van der Waals surface area contributed by atoms with Crippen LogP contribution in [0.4, 0.5) is 0 Å². The van der Waals surface area contributed by atoms with Crippen LogP contribution in [0.1, 0.15) is 33.6 Å². The van der Waals surface area contributed by atoms with Crippen LogP contribution in [0.15, 0.2) is 0 Å². The van der Waals surface area contributed by atoms with Crippen LogP contribution in [0.3, 0.4) is 0 Å². The minimum Gasteiger partial charge on any atom is -0.348 e. The molecule has 0 aromatic rings. The summed E-state index contributed by atoms with van der Waals surface area (Å²) in [6.07, 6.45) is 1.91.